The monoisotopic (exact) mass is 414 g/mol. The molecule has 7 heteroatoms. The summed E-state index contributed by atoms with van der Waals surface area (Å²) in [7, 11) is 0. The lowest BCUT2D eigenvalue weighted by molar-refractivity contribution is -0.133. The Morgan fingerprint density at radius 2 is 1.58 bits per heavy atom. The lowest BCUT2D eigenvalue weighted by Gasteiger charge is -2.36. The van der Waals surface area contributed by atoms with E-state index >= 15 is 0 Å². The molecular formula is C24H26N6O. The number of amides is 1. The van der Waals surface area contributed by atoms with Crippen molar-refractivity contribution in [3.8, 4) is 11.3 Å². The normalized spacial score (nSPS) is 21.3. The first-order valence-corrected chi connectivity index (χ1v) is 10.7. The first kappa shape index (κ1) is 19.7. The van der Waals surface area contributed by atoms with E-state index in [2.05, 4.69) is 37.9 Å². The molecule has 1 amide bonds. The predicted molar refractivity (Wildman–Crippen MR) is 120 cm³/mol. The molecule has 2 unspecified atom stereocenters. The van der Waals surface area contributed by atoms with Gasteiger partial charge in [0.1, 0.15) is 18.2 Å². The Hall–Kier alpha value is -3.29. The van der Waals surface area contributed by atoms with Gasteiger partial charge in [0.05, 0.1) is 5.69 Å². The number of carbonyl (C=O) groups is 1. The van der Waals surface area contributed by atoms with E-state index in [0.717, 1.165) is 36.6 Å². The Labute approximate surface area is 182 Å². The number of hydrogen-bond acceptors (Lipinski definition) is 6. The lowest BCUT2D eigenvalue weighted by Crippen LogP contribution is -2.53. The largest absolute Gasteiger partial charge is 0.353 e. The summed E-state index contributed by atoms with van der Waals surface area (Å²) < 4.78 is 0. The van der Waals surface area contributed by atoms with Gasteiger partial charge in [-0.05, 0) is 12.0 Å². The van der Waals surface area contributed by atoms with Crippen LogP contribution in [0.1, 0.15) is 18.0 Å². The van der Waals surface area contributed by atoms with Crippen LogP contribution >= 0.6 is 0 Å². The van der Waals surface area contributed by atoms with E-state index in [1.165, 1.54) is 5.56 Å². The molecule has 0 radical (unpaired) electrons. The fourth-order valence-corrected chi connectivity index (χ4v) is 4.29. The maximum Gasteiger partial charge on any atom is 0.241 e. The number of nitrogens with zero attached hydrogens (tertiary/aromatic N) is 4. The zero-order chi connectivity index (χ0) is 21.0. The summed E-state index contributed by atoms with van der Waals surface area (Å²) in [6.07, 6.45) is 2.38. The van der Waals surface area contributed by atoms with Crippen molar-refractivity contribution in [3.63, 3.8) is 0 Å². The summed E-state index contributed by atoms with van der Waals surface area (Å²) in [5, 5.41) is 0. The van der Waals surface area contributed by atoms with Crippen LogP contribution in [-0.4, -0.2) is 53.0 Å². The number of rotatable bonds is 4. The maximum atomic E-state index is 13.0. The molecule has 5 rings (SSSR count). The van der Waals surface area contributed by atoms with Gasteiger partial charge in [0.15, 0.2) is 0 Å². The van der Waals surface area contributed by atoms with Crippen molar-refractivity contribution in [2.24, 2.45) is 0 Å². The highest BCUT2D eigenvalue weighted by Crippen LogP contribution is 2.24. The van der Waals surface area contributed by atoms with Crippen LogP contribution in [0.2, 0.25) is 0 Å². The van der Waals surface area contributed by atoms with Crippen LogP contribution in [0.25, 0.3) is 11.3 Å². The summed E-state index contributed by atoms with van der Waals surface area (Å²) in [4.78, 5) is 26.1. The molecule has 2 aliphatic heterocycles. The smallest absolute Gasteiger partial charge is 0.241 e. The highest BCUT2D eigenvalue weighted by Gasteiger charge is 2.34. The van der Waals surface area contributed by atoms with Crippen LogP contribution in [-0.2, 0) is 4.79 Å². The number of aromatic nitrogens is 2. The number of hydrogen-bond donors (Lipinski definition) is 2. The van der Waals surface area contributed by atoms with Gasteiger partial charge in [0, 0.05) is 43.9 Å². The van der Waals surface area contributed by atoms with Crippen molar-refractivity contribution < 1.29 is 4.79 Å². The zero-order valence-electron chi connectivity index (χ0n) is 17.3. The van der Waals surface area contributed by atoms with E-state index in [1.807, 2.05) is 59.5 Å². The summed E-state index contributed by atoms with van der Waals surface area (Å²) in [6, 6.07) is 22.4. The third-order valence-electron chi connectivity index (χ3n) is 6.04. The third-order valence-corrected chi connectivity index (χ3v) is 6.04. The van der Waals surface area contributed by atoms with Crippen molar-refractivity contribution >= 4 is 11.7 Å². The van der Waals surface area contributed by atoms with Crippen LogP contribution in [0, 0.1) is 0 Å². The Morgan fingerprint density at radius 3 is 2.32 bits per heavy atom. The van der Waals surface area contributed by atoms with Crippen molar-refractivity contribution in [2.45, 2.75) is 18.5 Å². The fourth-order valence-electron chi connectivity index (χ4n) is 4.29. The lowest BCUT2D eigenvalue weighted by atomic mass is 10.0. The van der Waals surface area contributed by atoms with Gasteiger partial charge in [0.25, 0.3) is 0 Å². The average Bonchev–Trinajstić information content (AvgIpc) is 3.35. The molecule has 158 valence electrons. The molecule has 0 saturated carbocycles. The number of carbonyl (C=O) groups excluding carboxylic acids is 1. The molecule has 2 saturated heterocycles. The van der Waals surface area contributed by atoms with Crippen molar-refractivity contribution in [1.29, 1.82) is 0 Å². The SMILES string of the molecule is O=C(C1CC(c2ccccc2)NN1)N1CCN(c2cc(-c3ccccc3)ncn2)CC1. The Morgan fingerprint density at radius 1 is 0.871 bits per heavy atom. The minimum atomic E-state index is -0.194. The number of piperazine rings is 1. The van der Waals surface area contributed by atoms with Gasteiger partial charge in [-0.2, -0.15) is 0 Å². The molecule has 0 spiro atoms. The van der Waals surface area contributed by atoms with Crippen molar-refractivity contribution in [3.05, 3.63) is 78.6 Å². The van der Waals surface area contributed by atoms with E-state index in [0.29, 0.717) is 13.1 Å². The Bertz CT molecular complexity index is 1020. The van der Waals surface area contributed by atoms with E-state index in [1.54, 1.807) is 6.33 Å². The third kappa shape index (κ3) is 4.28. The predicted octanol–water partition coefficient (Wildman–Crippen LogP) is 2.40. The molecule has 0 aliphatic carbocycles. The standard InChI is InChI=1S/C24H26N6O/c31-24(22-15-21(27-28-22)19-9-5-2-6-10-19)30-13-11-29(12-14-30)23-16-20(25-17-26-23)18-7-3-1-4-8-18/h1-10,16-17,21-22,27-28H,11-15H2. The molecular weight excluding hydrogens is 388 g/mol. The molecule has 2 aliphatic rings. The quantitative estimate of drug-likeness (QED) is 0.683. The van der Waals surface area contributed by atoms with Gasteiger partial charge in [0.2, 0.25) is 5.91 Å². The first-order valence-electron chi connectivity index (χ1n) is 10.7. The van der Waals surface area contributed by atoms with Gasteiger partial charge < -0.3 is 9.80 Å². The minimum Gasteiger partial charge on any atom is -0.353 e. The summed E-state index contributed by atoms with van der Waals surface area (Å²) >= 11 is 0. The van der Waals surface area contributed by atoms with Crippen LogP contribution in [0.15, 0.2) is 73.1 Å². The summed E-state index contributed by atoms with van der Waals surface area (Å²) in [6.45, 7) is 2.91. The highest BCUT2D eigenvalue weighted by molar-refractivity contribution is 5.82. The molecule has 7 nitrogen and oxygen atoms in total. The van der Waals surface area contributed by atoms with Crippen LogP contribution in [0.3, 0.4) is 0 Å². The molecule has 31 heavy (non-hydrogen) atoms. The second-order valence-corrected chi connectivity index (χ2v) is 7.98. The topological polar surface area (TPSA) is 73.4 Å². The van der Waals surface area contributed by atoms with Crippen molar-refractivity contribution in [1.82, 2.24) is 25.7 Å². The number of nitrogens with one attached hydrogen (secondary N) is 2. The van der Waals surface area contributed by atoms with Gasteiger partial charge in [-0.25, -0.2) is 20.8 Å². The maximum absolute atomic E-state index is 13.0. The number of hydrazine groups is 1. The second kappa shape index (κ2) is 8.83. The highest BCUT2D eigenvalue weighted by atomic mass is 16.2. The van der Waals surface area contributed by atoms with Gasteiger partial charge in [-0.1, -0.05) is 60.7 Å². The minimum absolute atomic E-state index is 0.161. The molecule has 3 aromatic rings. The molecule has 2 atom stereocenters. The molecule has 0 bridgehead atoms. The Kier molecular flexibility index (Phi) is 5.60. The first-order chi connectivity index (χ1) is 15.3. The van der Waals surface area contributed by atoms with E-state index in [4.69, 9.17) is 0 Å². The zero-order valence-corrected chi connectivity index (χ0v) is 17.3. The van der Waals surface area contributed by atoms with E-state index in [9.17, 15) is 4.79 Å². The molecule has 2 aromatic carbocycles. The van der Waals surface area contributed by atoms with Gasteiger partial charge in [-0.3, -0.25) is 4.79 Å². The summed E-state index contributed by atoms with van der Waals surface area (Å²) in [5.41, 5.74) is 9.66. The van der Waals surface area contributed by atoms with Gasteiger partial charge >= 0.3 is 0 Å². The van der Waals surface area contributed by atoms with E-state index < -0.39 is 0 Å². The second-order valence-electron chi connectivity index (χ2n) is 7.98. The van der Waals surface area contributed by atoms with Crippen LogP contribution in [0.4, 0.5) is 5.82 Å². The molecule has 2 N–H and O–H groups in total. The fraction of sp³-hybridized carbons (Fsp3) is 0.292. The number of benzene rings is 2. The number of anilines is 1. The molecule has 2 fully saturated rings. The molecule has 3 heterocycles. The molecule has 1 aromatic heterocycles. The van der Waals surface area contributed by atoms with Crippen LogP contribution in [0.5, 0.6) is 0 Å². The van der Waals surface area contributed by atoms with E-state index in [-0.39, 0.29) is 18.0 Å². The van der Waals surface area contributed by atoms with Crippen LogP contribution < -0.4 is 15.8 Å². The Balaban J connectivity index is 1.19. The summed E-state index contributed by atoms with van der Waals surface area (Å²) in [5.74, 6) is 1.07. The average molecular weight is 415 g/mol. The van der Waals surface area contributed by atoms with Crippen molar-refractivity contribution in [2.75, 3.05) is 31.1 Å². The van der Waals surface area contributed by atoms with Gasteiger partial charge in [-0.15, -0.1) is 0 Å².